The second-order valence-corrected chi connectivity index (χ2v) is 5.99. The molecular weight excluding hydrogens is 288 g/mol. The number of anilines is 1. The lowest BCUT2D eigenvalue weighted by atomic mass is 10.3. The van der Waals surface area contributed by atoms with Crippen LogP contribution in [-0.2, 0) is 16.1 Å². The van der Waals surface area contributed by atoms with Crippen LogP contribution in [0.4, 0.5) is 5.13 Å². The zero-order chi connectivity index (χ0) is 15.2. The van der Waals surface area contributed by atoms with E-state index in [4.69, 9.17) is 0 Å². The van der Waals surface area contributed by atoms with Crippen LogP contribution >= 0.6 is 11.3 Å². The molecule has 116 valence electrons. The van der Waals surface area contributed by atoms with E-state index >= 15 is 0 Å². The number of hydrogen-bond acceptors (Lipinski definition) is 5. The van der Waals surface area contributed by atoms with Gasteiger partial charge in [0, 0.05) is 44.4 Å². The third kappa shape index (κ3) is 5.09. The molecule has 1 heterocycles. The number of carbonyl (C=O) groups excluding carboxylic acids is 2. The molecule has 2 N–H and O–H groups in total. The van der Waals surface area contributed by atoms with Crippen molar-refractivity contribution >= 4 is 28.3 Å². The molecule has 21 heavy (non-hydrogen) atoms. The number of thiazole rings is 1. The minimum absolute atomic E-state index is 0.00288. The summed E-state index contributed by atoms with van der Waals surface area (Å²) >= 11 is 1.47. The van der Waals surface area contributed by atoms with Gasteiger partial charge in [0.05, 0.1) is 5.69 Å². The minimum atomic E-state index is 0.00288. The topological polar surface area (TPSA) is 74.3 Å². The van der Waals surface area contributed by atoms with Gasteiger partial charge in [-0.05, 0) is 19.8 Å². The second-order valence-electron chi connectivity index (χ2n) is 5.15. The van der Waals surface area contributed by atoms with Crippen LogP contribution in [0.25, 0.3) is 0 Å². The Morgan fingerprint density at radius 1 is 1.48 bits per heavy atom. The summed E-state index contributed by atoms with van der Waals surface area (Å²) in [6, 6.07) is 0.421. The third-order valence-electron chi connectivity index (χ3n) is 3.24. The molecule has 1 aliphatic carbocycles. The maximum Gasteiger partial charge on any atom is 0.225 e. The van der Waals surface area contributed by atoms with Crippen molar-refractivity contribution in [2.45, 2.75) is 45.7 Å². The number of nitrogens with one attached hydrogen (secondary N) is 2. The Bertz CT molecular complexity index is 499. The summed E-state index contributed by atoms with van der Waals surface area (Å²) in [6.45, 7) is 5.34. The fourth-order valence-corrected chi connectivity index (χ4v) is 2.87. The van der Waals surface area contributed by atoms with E-state index < -0.39 is 0 Å². The van der Waals surface area contributed by atoms with Crippen molar-refractivity contribution in [3.8, 4) is 0 Å². The quantitative estimate of drug-likeness (QED) is 0.709. The summed E-state index contributed by atoms with van der Waals surface area (Å²) in [7, 11) is 0. The molecular formula is C14H22N4O2S. The van der Waals surface area contributed by atoms with E-state index in [1.54, 1.807) is 11.8 Å². The van der Waals surface area contributed by atoms with E-state index in [2.05, 4.69) is 15.6 Å². The molecule has 1 fully saturated rings. The molecule has 1 aromatic heterocycles. The van der Waals surface area contributed by atoms with Gasteiger partial charge < -0.3 is 10.6 Å². The zero-order valence-electron chi connectivity index (χ0n) is 12.5. The lowest BCUT2D eigenvalue weighted by molar-refractivity contribution is -0.121. The standard InChI is InChI=1S/C14H22N4O2S/c1-3-18(10(2)19)14-17-12(9-21-14)8-15-7-6-13(20)16-11-4-5-11/h9,11,15H,3-8H2,1-2H3,(H,16,20). The SMILES string of the molecule is CCN(C(C)=O)c1nc(CNCCC(=O)NC2CC2)cs1. The molecule has 0 saturated heterocycles. The van der Waals surface area contributed by atoms with Gasteiger partial charge in [0.2, 0.25) is 11.8 Å². The molecule has 0 radical (unpaired) electrons. The van der Waals surface area contributed by atoms with Crippen molar-refractivity contribution in [1.29, 1.82) is 0 Å². The summed E-state index contributed by atoms with van der Waals surface area (Å²) in [5, 5.41) is 8.83. The Morgan fingerprint density at radius 2 is 2.24 bits per heavy atom. The van der Waals surface area contributed by atoms with Gasteiger partial charge in [0.1, 0.15) is 0 Å². The summed E-state index contributed by atoms with van der Waals surface area (Å²) in [5.41, 5.74) is 0.900. The third-order valence-corrected chi connectivity index (χ3v) is 4.16. The van der Waals surface area contributed by atoms with Crippen LogP contribution in [0.1, 0.15) is 38.8 Å². The highest BCUT2D eigenvalue weighted by Gasteiger charge is 2.22. The summed E-state index contributed by atoms with van der Waals surface area (Å²) < 4.78 is 0. The van der Waals surface area contributed by atoms with Gasteiger partial charge in [-0.15, -0.1) is 11.3 Å². The molecule has 6 nitrogen and oxygen atoms in total. The molecule has 0 aliphatic heterocycles. The molecule has 0 atom stereocenters. The van der Waals surface area contributed by atoms with Crippen molar-refractivity contribution in [3.05, 3.63) is 11.1 Å². The van der Waals surface area contributed by atoms with Crippen LogP contribution in [0.3, 0.4) is 0 Å². The average Bonchev–Trinajstić information content (AvgIpc) is 3.12. The van der Waals surface area contributed by atoms with Gasteiger partial charge in [-0.1, -0.05) is 0 Å². The molecule has 0 bridgehead atoms. The molecule has 2 amide bonds. The first kappa shape index (κ1) is 15.9. The summed E-state index contributed by atoms with van der Waals surface area (Å²) in [6.07, 6.45) is 2.72. The number of rotatable bonds is 8. The van der Waals surface area contributed by atoms with Crippen molar-refractivity contribution in [2.24, 2.45) is 0 Å². The van der Waals surface area contributed by atoms with Gasteiger partial charge in [0.15, 0.2) is 5.13 Å². The summed E-state index contributed by atoms with van der Waals surface area (Å²) in [4.78, 5) is 29.0. The molecule has 1 aromatic rings. The van der Waals surface area contributed by atoms with Crippen molar-refractivity contribution in [1.82, 2.24) is 15.6 Å². The predicted octanol–water partition coefficient (Wildman–Crippen LogP) is 1.27. The molecule has 0 unspecified atom stereocenters. The second kappa shape index (κ2) is 7.51. The van der Waals surface area contributed by atoms with Gasteiger partial charge in [-0.25, -0.2) is 4.98 Å². The van der Waals surface area contributed by atoms with Gasteiger partial charge in [0.25, 0.3) is 0 Å². The smallest absolute Gasteiger partial charge is 0.225 e. The average molecular weight is 310 g/mol. The van der Waals surface area contributed by atoms with Crippen molar-refractivity contribution in [3.63, 3.8) is 0 Å². The van der Waals surface area contributed by atoms with E-state index in [1.807, 2.05) is 12.3 Å². The van der Waals surface area contributed by atoms with Gasteiger partial charge in [-0.2, -0.15) is 0 Å². The Labute approximate surface area is 128 Å². The highest BCUT2D eigenvalue weighted by atomic mass is 32.1. The van der Waals surface area contributed by atoms with E-state index in [-0.39, 0.29) is 11.8 Å². The van der Waals surface area contributed by atoms with E-state index in [9.17, 15) is 9.59 Å². The number of nitrogens with zero attached hydrogens (tertiary/aromatic N) is 2. The largest absolute Gasteiger partial charge is 0.353 e. The highest BCUT2D eigenvalue weighted by Crippen LogP contribution is 2.20. The van der Waals surface area contributed by atoms with Crippen molar-refractivity contribution < 1.29 is 9.59 Å². The molecule has 2 rings (SSSR count). The fraction of sp³-hybridized carbons (Fsp3) is 0.643. The van der Waals surface area contributed by atoms with Gasteiger partial charge in [-0.3, -0.25) is 14.5 Å². The van der Waals surface area contributed by atoms with Crippen LogP contribution in [0.5, 0.6) is 0 Å². The number of aromatic nitrogens is 1. The first-order chi connectivity index (χ1) is 10.1. The summed E-state index contributed by atoms with van der Waals surface area (Å²) in [5.74, 6) is 0.112. The van der Waals surface area contributed by atoms with Gasteiger partial charge >= 0.3 is 0 Å². The zero-order valence-corrected chi connectivity index (χ0v) is 13.3. The fourth-order valence-electron chi connectivity index (χ4n) is 1.94. The van der Waals surface area contributed by atoms with Crippen LogP contribution in [0.15, 0.2) is 5.38 Å². The molecule has 0 spiro atoms. The lowest BCUT2D eigenvalue weighted by Gasteiger charge is -2.14. The normalized spacial score (nSPS) is 14.0. The van der Waals surface area contributed by atoms with E-state index in [0.717, 1.165) is 23.7 Å². The number of carbonyl (C=O) groups is 2. The van der Waals surface area contributed by atoms with Crippen LogP contribution in [-0.4, -0.2) is 35.9 Å². The molecule has 7 heteroatoms. The highest BCUT2D eigenvalue weighted by molar-refractivity contribution is 7.14. The van der Waals surface area contributed by atoms with Crippen molar-refractivity contribution in [2.75, 3.05) is 18.0 Å². The number of hydrogen-bond donors (Lipinski definition) is 2. The molecule has 1 saturated carbocycles. The Morgan fingerprint density at radius 3 is 2.86 bits per heavy atom. The Balaban J connectivity index is 1.69. The maximum absolute atomic E-state index is 11.5. The minimum Gasteiger partial charge on any atom is -0.353 e. The molecule has 1 aliphatic rings. The van der Waals surface area contributed by atoms with E-state index in [1.165, 1.54) is 11.3 Å². The van der Waals surface area contributed by atoms with E-state index in [0.29, 0.717) is 32.1 Å². The molecule has 0 aromatic carbocycles. The van der Waals surface area contributed by atoms with Crippen LogP contribution in [0.2, 0.25) is 0 Å². The monoisotopic (exact) mass is 310 g/mol. The Kier molecular flexibility index (Phi) is 5.69. The Hall–Kier alpha value is -1.47. The first-order valence-corrected chi connectivity index (χ1v) is 8.20. The maximum atomic E-state index is 11.5. The predicted molar refractivity (Wildman–Crippen MR) is 83.3 cm³/mol. The first-order valence-electron chi connectivity index (χ1n) is 7.32. The van der Waals surface area contributed by atoms with Crippen LogP contribution < -0.4 is 15.5 Å². The lowest BCUT2D eigenvalue weighted by Crippen LogP contribution is -2.29. The number of amides is 2. The van der Waals surface area contributed by atoms with Crippen LogP contribution in [0, 0.1) is 0 Å².